The van der Waals surface area contributed by atoms with Gasteiger partial charge in [0.25, 0.3) is 0 Å². The summed E-state index contributed by atoms with van der Waals surface area (Å²) in [5.74, 6) is -0.450. The summed E-state index contributed by atoms with van der Waals surface area (Å²) in [6.07, 6.45) is 2.43. The number of nitrogens with two attached hydrogens (primary N) is 1. The SMILES string of the molecule is Cc1cc(NC(=O)C2(N)CCC2)ccc1F.Cl. The van der Waals surface area contributed by atoms with Gasteiger partial charge in [-0.2, -0.15) is 0 Å². The van der Waals surface area contributed by atoms with Crippen LogP contribution in [0.25, 0.3) is 0 Å². The number of benzene rings is 1. The lowest BCUT2D eigenvalue weighted by Crippen LogP contribution is -2.56. The highest BCUT2D eigenvalue weighted by atomic mass is 35.5. The molecule has 0 unspecified atom stereocenters. The molecular weight excluding hydrogens is 243 g/mol. The lowest BCUT2D eigenvalue weighted by Gasteiger charge is -2.36. The number of nitrogens with one attached hydrogen (secondary N) is 1. The van der Waals surface area contributed by atoms with E-state index < -0.39 is 5.54 Å². The molecule has 1 amide bonds. The number of carbonyl (C=O) groups is 1. The molecule has 1 aromatic rings. The van der Waals surface area contributed by atoms with Crippen molar-refractivity contribution in [3.05, 3.63) is 29.6 Å². The normalized spacial score (nSPS) is 16.6. The number of aryl methyl sites for hydroxylation is 1. The molecule has 2 rings (SSSR count). The second-order valence-corrected chi connectivity index (χ2v) is 4.43. The van der Waals surface area contributed by atoms with Crippen molar-refractivity contribution >= 4 is 24.0 Å². The molecule has 17 heavy (non-hydrogen) atoms. The molecule has 0 bridgehead atoms. The third kappa shape index (κ3) is 2.76. The average Bonchev–Trinajstić information content (AvgIpc) is 2.20. The molecule has 3 nitrogen and oxygen atoms in total. The summed E-state index contributed by atoms with van der Waals surface area (Å²) >= 11 is 0. The molecule has 1 aliphatic carbocycles. The summed E-state index contributed by atoms with van der Waals surface area (Å²) in [6.45, 7) is 1.66. The van der Waals surface area contributed by atoms with Gasteiger partial charge in [-0.1, -0.05) is 0 Å². The van der Waals surface area contributed by atoms with Crippen LogP contribution in [0.5, 0.6) is 0 Å². The molecule has 0 aliphatic heterocycles. The van der Waals surface area contributed by atoms with Crippen molar-refractivity contribution in [1.29, 1.82) is 0 Å². The molecule has 1 aliphatic rings. The van der Waals surface area contributed by atoms with Gasteiger partial charge in [-0.3, -0.25) is 4.79 Å². The van der Waals surface area contributed by atoms with Crippen molar-refractivity contribution in [2.75, 3.05) is 5.32 Å². The fourth-order valence-electron chi connectivity index (χ4n) is 1.76. The Balaban J connectivity index is 0.00000144. The number of hydrogen-bond donors (Lipinski definition) is 2. The van der Waals surface area contributed by atoms with E-state index in [4.69, 9.17) is 5.73 Å². The summed E-state index contributed by atoms with van der Waals surface area (Å²) < 4.78 is 13.0. The van der Waals surface area contributed by atoms with E-state index in [0.29, 0.717) is 11.3 Å². The van der Waals surface area contributed by atoms with Crippen molar-refractivity contribution < 1.29 is 9.18 Å². The van der Waals surface area contributed by atoms with E-state index >= 15 is 0 Å². The van der Waals surface area contributed by atoms with Crippen LogP contribution in [0.2, 0.25) is 0 Å². The van der Waals surface area contributed by atoms with Crippen molar-refractivity contribution in [1.82, 2.24) is 0 Å². The van der Waals surface area contributed by atoms with Gasteiger partial charge in [0.05, 0.1) is 5.54 Å². The summed E-state index contributed by atoms with van der Waals surface area (Å²) in [7, 11) is 0. The first-order valence-corrected chi connectivity index (χ1v) is 5.38. The number of halogens is 2. The van der Waals surface area contributed by atoms with E-state index in [-0.39, 0.29) is 24.1 Å². The minimum absolute atomic E-state index is 0. The van der Waals surface area contributed by atoms with Crippen molar-refractivity contribution in [2.24, 2.45) is 5.73 Å². The zero-order chi connectivity index (χ0) is 11.8. The van der Waals surface area contributed by atoms with E-state index in [1.165, 1.54) is 6.07 Å². The van der Waals surface area contributed by atoms with Gasteiger partial charge in [-0.15, -0.1) is 12.4 Å². The number of rotatable bonds is 2. The zero-order valence-corrected chi connectivity index (χ0v) is 10.4. The fraction of sp³-hybridized carbons (Fsp3) is 0.417. The molecule has 1 fully saturated rings. The molecule has 0 saturated heterocycles. The molecule has 0 spiro atoms. The van der Waals surface area contributed by atoms with E-state index in [2.05, 4.69) is 5.32 Å². The van der Waals surface area contributed by atoms with Crippen LogP contribution in [0.1, 0.15) is 24.8 Å². The molecule has 3 N–H and O–H groups in total. The lowest BCUT2D eigenvalue weighted by atomic mass is 9.77. The molecule has 94 valence electrons. The molecule has 5 heteroatoms. The quantitative estimate of drug-likeness (QED) is 0.856. The molecule has 0 heterocycles. The Labute approximate surface area is 106 Å². The number of anilines is 1. The van der Waals surface area contributed by atoms with Crippen LogP contribution in [0.15, 0.2) is 18.2 Å². The second-order valence-electron chi connectivity index (χ2n) is 4.43. The maximum atomic E-state index is 13.0. The Morgan fingerprint density at radius 1 is 1.47 bits per heavy atom. The molecule has 0 aromatic heterocycles. The van der Waals surface area contributed by atoms with Crippen LogP contribution in [-0.2, 0) is 4.79 Å². The van der Waals surface area contributed by atoms with Gasteiger partial charge in [-0.05, 0) is 49.9 Å². The predicted molar refractivity (Wildman–Crippen MR) is 67.8 cm³/mol. The minimum atomic E-state index is -0.720. The maximum Gasteiger partial charge on any atom is 0.244 e. The minimum Gasteiger partial charge on any atom is -0.324 e. The maximum absolute atomic E-state index is 13.0. The van der Waals surface area contributed by atoms with Crippen molar-refractivity contribution in [3.63, 3.8) is 0 Å². The highest BCUT2D eigenvalue weighted by Crippen LogP contribution is 2.30. The number of amides is 1. The van der Waals surface area contributed by atoms with Crippen LogP contribution in [-0.4, -0.2) is 11.4 Å². The van der Waals surface area contributed by atoms with Crippen LogP contribution in [0.3, 0.4) is 0 Å². The first kappa shape index (κ1) is 13.9. The summed E-state index contributed by atoms with van der Waals surface area (Å²) in [5, 5.41) is 2.72. The second kappa shape index (κ2) is 5.02. The van der Waals surface area contributed by atoms with Gasteiger partial charge in [0.15, 0.2) is 0 Å². The van der Waals surface area contributed by atoms with Gasteiger partial charge in [0, 0.05) is 5.69 Å². The Morgan fingerprint density at radius 2 is 2.12 bits per heavy atom. The Hall–Kier alpha value is -1.13. The fourth-order valence-corrected chi connectivity index (χ4v) is 1.76. The monoisotopic (exact) mass is 258 g/mol. The van der Waals surface area contributed by atoms with Crippen LogP contribution in [0.4, 0.5) is 10.1 Å². The van der Waals surface area contributed by atoms with Crippen LogP contribution < -0.4 is 11.1 Å². The predicted octanol–water partition coefficient (Wildman–Crippen LogP) is 2.38. The van der Waals surface area contributed by atoms with E-state index in [1.54, 1.807) is 19.1 Å². The zero-order valence-electron chi connectivity index (χ0n) is 9.63. The Morgan fingerprint density at radius 3 is 2.59 bits per heavy atom. The van der Waals surface area contributed by atoms with E-state index in [9.17, 15) is 9.18 Å². The molecule has 1 saturated carbocycles. The highest BCUT2D eigenvalue weighted by molar-refractivity contribution is 5.98. The Bertz CT molecular complexity index is 433. The van der Waals surface area contributed by atoms with Crippen molar-refractivity contribution in [3.8, 4) is 0 Å². The van der Waals surface area contributed by atoms with E-state index in [0.717, 1.165) is 19.3 Å². The smallest absolute Gasteiger partial charge is 0.244 e. The third-order valence-electron chi connectivity index (χ3n) is 3.11. The van der Waals surface area contributed by atoms with Gasteiger partial charge in [-0.25, -0.2) is 4.39 Å². The third-order valence-corrected chi connectivity index (χ3v) is 3.11. The van der Waals surface area contributed by atoms with Gasteiger partial charge >= 0.3 is 0 Å². The standard InChI is InChI=1S/C12H15FN2O.ClH/c1-8-7-9(3-4-10(8)13)15-11(16)12(14)5-2-6-12;/h3-4,7H,2,5-6,14H2,1H3,(H,15,16);1H. The first-order chi connectivity index (χ1) is 7.51. The number of carbonyl (C=O) groups excluding carboxylic acids is 1. The van der Waals surface area contributed by atoms with Crippen LogP contribution in [0, 0.1) is 12.7 Å². The molecule has 1 aromatic carbocycles. The van der Waals surface area contributed by atoms with Gasteiger partial charge in [0.2, 0.25) is 5.91 Å². The number of hydrogen-bond acceptors (Lipinski definition) is 2. The lowest BCUT2D eigenvalue weighted by molar-refractivity contribution is -0.123. The first-order valence-electron chi connectivity index (χ1n) is 5.38. The summed E-state index contributed by atoms with van der Waals surface area (Å²) in [5.41, 5.74) is 6.27. The van der Waals surface area contributed by atoms with E-state index in [1.807, 2.05) is 0 Å². The molecule has 0 atom stereocenters. The topological polar surface area (TPSA) is 55.1 Å². The van der Waals surface area contributed by atoms with Crippen molar-refractivity contribution in [2.45, 2.75) is 31.7 Å². The summed E-state index contributed by atoms with van der Waals surface area (Å²) in [6, 6.07) is 4.49. The molecular formula is C12H16ClFN2O. The summed E-state index contributed by atoms with van der Waals surface area (Å²) in [4.78, 5) is 11.8. The van der Waals surface area contributed by atoms with Crippen LogP contribution >= 0.6 is 12.4 Å². The molecule has 0 radical (unpaired) electrons. The van der Waals surface area contributed by atoms with Gasteiger partial charge in [0.1, 0.15) is 5.82 Å². The average molecular weight is 259 g/mol. The van der Waals surface area contributed by atoms with Gasteiger partial charge < -0.3 is 11.1 Å². The highest BCUT2D eigenvalue weighted by Gasteiger charge is 2.40. The largest absolute Gasteiger partial charge is 0.324 e. The Kier molecular flexibility index (Phi) is 4.11.